The first-order chi connectivity index (χ1) is 14.0. The van der Waals surface area contributed by atoms with Crippen molar-refractivity contribution in [2.45, 2.75) is 44.6 Å². The molecule has 152 valence electrons. The van der Waals surface area contributed by atoms with Crippen LogP contribution < -0.4 is 0 Å². The van der Waals surface area contributed by atoms with E-state index in [1.165, 1.54) is 5.56 Å². The summed E-state index contributed by atoms with van der Waals surface area (Å²) in [6.45, 7) is 3.96. The van der Waals surface area contributed by atoms with Crippen molar-refractivity contribution in [1.29, 1.82) is 0 Å². The fraction of sp³-hybridized carbons (Fsp3) is 0.417. The fourth-order valence-electron chi connectivity index (χ4n) is 4.83. The Labute approximate surface area is 177 Å². The SMILES string of the molecule is Cc1c(Cl)cccc1C(=O)N1CCCC12CCCN(CCc1ccccc1)C2=O. The van der Waals surface area contributed by atoms with E-state index in [2.05, 4.69) is 12.1 Å². The molecule has 1 atom stereocenters. The Morgan fingerprint density at radius 3 is 2.52 bits per heavy atom. The van der Waals surface area contributed by atoms with E-state index >= 15 is 0 Å². The van der Waals surface area contributed by atoms with Crippen molar-refractivity contribution in [2.75, 3.05) is 19.6 Å². The summed E-state index contributed by atoms with van der Waals surface area (Å²) in [7, 11) is 0. The molecule has 0 radical (unpaired) electrons. The van der Waals surface area contributed by atoms with Gasteiger partial charge >= 0.3 is 0 Å². The number of carbonyl (C=O) groups excluding carboxylic acids is 2. The zero-order valence-corrected chi connectivity index (χ0v) is 17.6. The lowest BCUT2D eigenvalue weighted by atomic mass is 9.84. The van der Waals surface area contributed by atoms with Gasteiger partial charge < -0.3 is 9.80 Å². The number of carbonyl (C=O) groups is 2. The number of likely N-dealkylation sites (tertiary alicyclic amines) is 2. The van der Waals surface area contributed by atoms with E-state index in [4.69, 9.17) is 11.6 Å². The Morgan fingerprint density at radius 2 is 1.76 bits per heavy atom. The molecule has 1 spiro atoms. The standard InChI is InChI=1S/C24H27ClN2O2/c1-18-20(10-5-11-21(18)25)22(28)27-16-7-14-24(27)13-6-15-26(23(24)29)17-12-19-8-3-2-4-9-19/h2-5,8-11H,6-7,12-17H2,1H3. The van der Waals surface area contributed by atoms with Gasteiger partial charge in [0.2, 0.25) is 5.91 Å². The molecule has 0 N–H and O–H groups in total. The van der Waals surface area contributed by atoms with Crippen molar-refractivity contribution >= 4 is 23.4 Å². The van der Waals surface area contributed by atoms with Gasteiger partial charge in [0.15, 0.2) is 0 Å². The van der Waals surface area contributed by atoms with E-state index in [0.29, 0.717) is 23.7 Å². The summed E-state index contributed by atoms with van der Waals surface area (Å²) in [4.78, 5) is 30.8. The number of hydrogen-bond donors (Lipinski definition) is 0. The summed E-state index contributed by atoms with van der Waals surface area (Å²) >= 11 is 6.25. The number of hydrogen-bond acceptors (Lipinski definition) is 2. The molecule has 4 rings (SSSR count). The van der Waals surface area contributed by atoms with Crippen LogP contribution in [0, 0.1) is 6.92 Å². The van der Waals surface area contributed by atoms with Gasteiger partial charge in [0.25, 0.3) is 5.91 Å². The Bertz CT molecular complexity index is 914. The lowest BCUT2D eigenvalue weighted by Gasteiger charge is -2.44. The molecule has 2 heterocycles. The highest BCUT2D eigenvalue weighted by atomic mass is 35.5. The van der Waals surface area contributed by atoms with Crippen molar-refractivity contribution in [3.63, 3.8) is 0 Å². The van der Waals surface area contributed by atoms with Crippen molar-refractivity contribution in [3.05, 3.63) is 70.2 Å². The third kappa shape index (κ3) is 3.66. The molecule has 2 aliphatic rings. The third-order valence-electron chi connectivity index (χ3n) is 6.45. The van der Waals surface area contributed by atoms with Crippen molar-refractivity contribution in [3.8, 4) is 0 Å². The molecular weight excluding hydrogens is 384 g/mol. The van der Waals surface area contributed by atoms with E-state index in [1.54, 1.807) is 12.1 Å². The van der Waals surface area contributed by atoms with Gasteiger partial charge in [-0.2, -0.15) is 0 Å². The largest absolute Gasteiger partial charge is 0.340 e. The fourth-order valence-corrected chi connectivity index (χ4v) is 5.00. The molecular formula is C24H27ClN2O2. The van der Waals surface area contributed by atoms with Crippen molar-refractivity contribution in [1.82, 2.24) is 9.80 Å². The second-order valence-electron chi connectivity index (χ2n) is 8.14. The normalized spacial score (nSPS) is 21.8. The molecule has 0 aromatic heterocycles. The molecule has 4 nitrogen and oxygen atoms in total. The van der Waals surface area contributed by atoms with Crippen LogP contribution in [-0.4, -0.2) is 46.8 Å². The summed E-state index contributed by atoms with van der Waals surface area (Å²) in [5.41, 5.74) is 1.92. The predicted molar refractivity (Wildman–Crippen MR) is 115 cm³/mol. The Hall–Kier alpha value is -2.33. The average molecular weight is 411 g/mol. The number of halogens is 1. The van der Waals surface area contributed by atoms with Gasteiger partial charge in [0.05, 0.1) is 0 Å². The minimum absolute atomic E-state index is 0.0687. The van der Waals surface area contributed by atoms with Crippen LogP contribution in [0.3, 0.4) is 0 Å². The lowest BCUT2D eigenvalue weighted by Crippen LogP contribution is -2.61. The van der Waals surface area contributed by atoms with Gasteiger partial charge in [-0.15, -0.1) is 0 Å². The molecule has 0 saturated carbocycles. The van der Waals surface area contributed by atoms with E-state index < -0.39 is 5.54 Å². The number of nitrogens with zero attached hydrogens (tertiary/aromatic N) is 2. The summed E-state index contributed by atoms with van der Waals surface area (Å²) in [6, 6.07) is 15.7. The summed E-state index contributed by atoms with van der Waals surface area (Å²) < 4.78 is 0. The first-order valence-electron chi connectivity index (χ1n) is 10.4. The van der Waals surface area contributed by atoms with Crippen LogP contribution in [0.4, 0.5) is 0 Å². The van der Waals surface area contributed by atoms with E-state index in [0.717, 1.165) is 44.2 Å². The van der Waals surface area contributed by atoms with Gasteiger partial charge in [-0.1, -0.05) is 48.0 Å². The number of rotatable bonds is 4. The highest BCUT2D eigenvalue weighted by Crippen LogP contribution is 2.39. The van der Waals surface area contributed by atoms with Crippen LogP contribution in [0.25, 0.3) is 0 Å². The summed E-state index contributed by atoms with van der Waals surface area (Å²) in [5, 5.41) is 0.587. The molecule has 2 saturated heterocycles. The summed E-state index contributed by atoms with van der Waals surface area (Å²) in [5.74, 6) is 0.0472. The van der Waals surface area contributed by atoms with Crippen LogP contribution in [0.5, 0.6) is 0 Å². The highest BCUT2D eigenvalue weighted by Gasteiger charge is 2.52. The van der Waals surface area contributed by atoms with Gasteiger partial charge in [-0.25, -0.2) is 0 Å². The monoisotopic (exact) mass is 410 g/mol. The molecule has 29 heavy (non-hydrogen) atoms. The molecule has 2 aromatic carbocycles. The topological polar surface area (TPSA) is 40.6 Å². The first kappa shape index (κ1) is 20.0. The van der Waals surface area contributed by atoms with Crippen LogP contribution >= 0.6 is 11.6 Å². The highest BCUT2D eigenvalue weighted by molar-refractivity contribution is 6.31. The molecule has 2 aliphatic heterocycles. The minimum atomic E-state index is -0.694. The lowest BCUT2D eigenvalue weighted by molar-refractivity contribution is -0.145. The van der Waals surface area contributed by atoms with Crippen molar-refractivity contribution in [2.24, 2.45) is 0 Å². The molecule has 2 fully saturated rings. The predicted octanol–water partition coefficient (Wildman–Crippen LogP) is 4.49. The minimum Gasteiger partial charge on any atom is -0.340 e. The van der Waals surface area contributed by atoms with Crippen LogP contribution in [0.1, 0.15) is 47.2 Å². The Balaban J connectivity index is 1.55. The molecule has 1 unspecified atom stereocenters. The first-order valence-corrected chi connectivity index (χ1v) is 10.8. The number of piperidine rings is 1. The van der Waals surface area contributed by atoms with Gasteiger partial charge in [-0.3, -0.25) is 9.59 Å². The van der Waals surface area contributed by atoms with Crippen LogP contribution in [0.15, 0.2) is 48.5 Å². The number of benzene rings is 2. The van der Waals surface area contributed by atoms with E-state index in [1.807, 2.05) is 41.0 Å². The third-order valence-corrected chi connectivity index (χ3v) is 6.86. The maximum atomic E-state index is 13.6. The molecule has 2 aromatic rings. The van der Waals surface area contributed by atoms with E-state index in [-0.39, 0.29) is 11.8 Å². The maximum absolute atomic E-state index is 13.6. The van der Waals surface area contributed by atoms with Gasteiger partial charge in [0, 0.05) is 30.2 Å². The van der Waals surface area contributed by atoms with Gasteiger partial charge in [-0.05, 0) is 62.3 Å². The quantitative estimate of drug-likeness (QED) is 0.745. The zero-order valence-electron chi connectivity index (χ0n) is 16.9. The van der Waals surface area contributed by atoms with Crippen LogP contribution in [-0.2, 0) is 11.2 Å². The Morgan fingerprint density at radius 1 is 1.03 bits per heavy atom. The second kappa shape index (κ2) is 8.19. The average Bonchev–Trinajstić information content (AvgIpc) is 3.16. The maximum Gasteiger partial charge on any atom is 0.255 e. The van der Waals surface area contributed by atoms with Crippen LogP contribution in [0.2, 0.25) is 5.02 Å². The molecule has 2 amide bonds. The summed E-state index contributed by atoms with van der Waals surface area (Å²) in [6.07, 6.45) is 4.13. The van der Waals surface area contributed by atoms with Gasteiger partial charge in [0.1, 0.15) is 5.54 Å². The molecule has 0 bridgehead atoms. The Kier molecular flexibility index (Phi) is 5.64. The van der Waals surface area contributed by atoms with E-state index in [9.17, 15) is 9.59 Å². The zero-order chi connectivity index (χ0) is 20.4. The smallest absolute Gasteiger partial charge is 0.255 e. The molecule has 5 heteroatoms. The number of amides is 2. The van der Waals surface area contributed by atoms with Crippen molar-refractivity contribution < 1.29 is 9.59 Å². The molecule has 0 aliphatic carbocycles. The second-order valence-corrected chi connectivity index (χ2v) is 8.54.